The van der Waals surface area contributed by atoms with Crippen LogP contribution in [0.5, 0.6) is 0 Å². The molecule has 2 aromatic rings. The molecule has 0 bridgehead atoms. The number of allylic oxidation sites excluding steroid dienone is 1. The smallest absolute Gasteiger partial charge is 0.0233 e. The molecule has 1 aliphatic heterocycles. The van der Waals surface area contributed by atoms with Crippen LogP contribution in [0, 0.1) is 11.8 Å². The molecule has 0 saturated carbocycles. The Hall–Kier alpha value is -1.86. The number of nitrogens with zero attached hydrogens (tertiary/aromatic N) is 1. The highest BCUT2D eigenvalue weighted by Gasteiger charge is 2.30. The van der Waals surface area contributed by atoms with Crippen molar-refractivity contribution in [3.63, 3.8) is 0 Å². The van der Waals surface area contributed by atoms with Crippen molar-refractivity contribution < 1.29 is 0 Å². The van der Waals surface area contributed by atoms with Gasteiger partial charge in [0.1, 0.15) is 0 Å². The Morgan fingerprint density at radius 2 is 1.64 bits per heavy atom. The van der Waals surface area contributed by atoms with Crippen molar-refractivity contribution in [3.05, 3.63) is 76.9 Å². The highest BCUT2D eigenvalue weighted by Crippen LogP contribution is 2.42. The summed E-state index contributed by atoms with van der Waals surface area (Å²) in [5, 5.41) is 0. The number of piperidine rings is 1. The summed E-state index contributed by atoms with van der Waals surface area (Å²) in [5.74, 6) is 1.52. The van der Waals surface area contributed by atoms with Crippen LogP contribution in [-0.4, -0.2) is 18.0 Å². The van der Waals surface area contributed by atoms with Crippen LogP contribution >= 0.6 is 0 Å². The molecule has 148 valence electrons. The molecular formula is C27H35N. The van der Waals surface area contributed by atoms with Crippen LogP contribution in [0.3, 0.4) is 0 Å². The van der Waals surface area contributed by atoms with Crippen LogP contribution in [-0.2, 0) is 25.8 Å². The number of fused-ring (bicyclic) bond motifs is 1. The van der Waals surface area contributed by atoms with E-state index in [1.54, 1.807) is 11.1 Å². The summed E-state index contributed by atoms with van der Waals surface area (Å²) >= 11 is 0. The van der Waals surface area contributed by atoms with Gasteiger partial charge in [-0.2, -0.15) is 0 Å². The van der Waals surface area contributed by atoms with E-state index in [0.29, 0.717) is 5.92 Å². The minimum atomic E-state index is 0.664. The Kier molecular flexibility index (Phi) is 6.01. The van der Waals surface area contributed by atoms with E-state index in [4.69, 9.17) is 0 Å². The maximum Gasteiger partial charge on any atom is 0.0233 e. The van der Waals surface area contributed by atoms with Gasteiger partial charge in [-0.05, 0) is 96.8 Å². The minimum absolute atomic E-state index is 0.664. The molecule has 0 N–H and O–H groups in total. The molecule has 0 radical (unpaired) electrons. The SMILES string of the molecule is C=C1c2cc(CC)c(CC)cc2CC1CC1CCN(Cc2ccccc2)CC1. The van der Waals surface area contributed by atoms with Crippen molar-refractivity contribution in [3.8, 4) is 0 Å². The molecule has 0 amide bonds. The molecular weight excluding hydrogens is 338 g/mol. The van der Waals surface area contributed by atoms with Gasteiger partial charge in [0.15, 0.2) is 0 Å². The number of hydrogen-bond donors (Lipinski definition) is 0. The number of likely N-dealkylation sites (tertiary alicyclic amines) is 1. The normalized spacial score (nSPS) is 20.5. The lowest BCUT2D eigenvalue weighted by atomic mass is 9.84. The average Bonchev–Trinajstić information content (AvgIpc) is 3.03. The first-order valence-electron chi connectivity index (χ1n) is 11.3. The Balaban J connectivity index is 1.34. The largest absolute Gasteiger partial charge is 0.299 e. The van der Waals surface area contributed by atoms with Crippen molar-refractivity contribution >= 4 is 5.57 Å². The van der Waals surface area contributed by atoms with Gasteiger partial charge in [-0.25, -0.2) is 0 Å². The second-order valence-electron chi connectivity index (χ2n) is 8.85. The van der Waals surface area contributed by atoms with Crippen molar-refractivity contribution in [1.82, 2.24) is 4.90 Å². The second-order valence-corrected chi connectivity index (χ2v) is 8.85. The molecule has 2 aliphatic rings. The minimum Gasteiger partial charge on any atom is -0.299 e. The molecule has 0 aromatic heterocycles. The average molecular weight is 374 g/mol. The lowest BCUT2D eigenvalue weighted by Crippen LogP contribution is -2.33. The fourth-order valence-corrected chi connectivity index (χ4v) is 5.32. The maximum absolute atomic E-state index is 4.53. The number of rotatable bonds is 6. The fourth-order valence-electron chi connectivity index (χ4n) is 5.32. The van der Waals surface area contributed by atoms with Crippen LogP contribution in [0.4, 0.5) is 0 Å². The first-order valence-corrected chi connectivity index (χ1v) is 11.3. The molecule has 1 nitrogen and oxygen atoms in total. The van der Waals surface area contributed by atoms with Gasteiger partial charge in [-0.15, -0.1) is 0 Å². The van der Waals surface area contributed by atoms with Crippen molar-refractivity contribution in [2.75, 3.05) is 13.1 Å². The standard InChI is InChI=1S/C27H35N/c1-4-23-16-26-17-25(20(3)27(26)18-24(23)5-2)15-21-11-13-28(14-12-21)19-22-9-7-6-8-10-22/h6-10,16,18,21,25H,3-5,11-15,17,19H2,1-2H3. The molecule has 1 fully saturated rings. The van der Waals surface area contributed by atoms with Crippen molar-refractivity contribution in [1.29, 1.82) is 0 Å². The molecule has 0 spiro atoms. The second kappa shape index (κ2) is 8.66. The fraction of sp³-hybridized carbons (Fsp3) is 0.481. The zero-order chi connectivity index (χ0) is 19.5. The van der Waals surface area contributed by atoms with Crippen LogP contribution in [0.2, 0.25) is 0 Å². The Labute approximate surface area is 171 Å². The Morgan fingerprint density at radius 1 is 0.964 bits per heavy atom. The van der Waals surface area contributed by atoms with Gasteiger partial charge in [0.2, 0.25) is 0 Å². The summed E-state index contributed by atoms with van der Waals surface area (Å²) < 4.78 is 0. The first-order chi connectivity index (χ1) is 13.7. The zero-order valence-electron chi connectivity index (χ0n) is 17.7. The lowest BCUT2D eigenvalue weighted by Gasteiger charge is -2.33. The quantitative estimate of drug-likeness (QED) is 0.574. The summed E-state index contributed by atoms with van der Waals surface area (Å²) in [5.41, 5.74) is 8.96. The summed E-state index contributed by atoms with van der Waals surface area (Å²) in [6, 6.07) is 15.9. The van der Waals surface area contributed by atoms with E-state index in [0.717, 1.165) is 25.3 Å². The topological polar surface area (TPSA) is 3.24 Å². The summed E-state index contributed by atoms with van der Waals surface area (Å²) in [6.07, 6.45) is 7.51. The van der Waals surface area contributed by atoms with Gasteiger partial charge in [0.25, 0.3) is 0 Å². The van der Waals surface area contributed by atoms with E-state index < -0.39 is 0 Å². The number of hydrogen-bond acceptors (Lipinski definition) is 1. The van der Waals surface area contributed by atoms with Gasteiger partial charge in [0.05, 0.1) is 0 Å². The lowest BCUT2D eigenvalue weighted by molar-refractivity contribution is 0.166. The Morgan fingerprint density at radius 3 is 2.32 bits per heavy atom. The maximum atomic E-state index is 4.53. The van der Waals surface area contributed by atoms with E-state index in [-0.39, 0.29) is 0 Å². The molecule has 1 aliphatic carbocycles. The van der Waals surface area contributed by atoms with Gasteiger partial charge in [-0.3, -0.25) is 4.90 Å². The van der Waals surface area contributed by atoms with E-state index >= 15 is 0 Å². The molecule has 1 heteroatoms. The molecule has 2 aromatic carbocycles. The van der Waals surface area contributed by atoms with Crippen LogP contribution in [0.25, 0.3) is 5.57 Å². The summed E-state index contributed by atoms with van der Waals surface area (Å²) in [6.45, 7) is 12.7. The molecule has 4 rings (SSSR count). The summed E-state index contributed by atoms with van der Waals surface area (Å²) in [7, 11) is 0. The first kappa shape index (κ1) is 19.5. The van der Waals surface area contributed by atoms with E-state index in [9.17, 15) is 0 Å². The van der Waals surface area contributed by atoms with Crippen LogP contribution < -0.4 is 0 Å². The van der Waals surface area contributed by atoms with Crippen molar-refractivity contribution in [2.45, 2.75) is 58.9 Å². The van der Waals surface area contributed by atoms with Gasteiger partial charge < -0.3 is 0 Å². The number of benzene rings is 2. The highest BCUT2D eigenvalue weighted by atomic mass is 15.1. The van der Waals surface area contributed by atoms with Crippen LogP contribution in [0.1, 0.15) is 60.9 Å². The monoisotopic (exact) mass is 373 g/mol. The van der Waals surface area contributed by atoms with E-state index in [1.165, 1.54) is 61.0 Å². The van der Waals surface area contributed by atoms with Gasteiger partial charge in [0, 0.05) is 6.54 Å². The summed E-state index contributed by atoms with van der Waals surface area (Å²) in [4.78, 5) is 2.63. The molecule has 1 atom stereocenters. The van der Waals surface area contributed by atoms with Crippen molar-refractivity contribution in [2.24, 2.45) is 11.8 Å². The molecule has 1 heterocycles. The van der Waals surface area contributed by atoms with E-state index in [1.807, 2.05) is 0 Å². The third-order valence-corrected chi connectivity index (χ3v) is 7.07. The zero-order valence-corrected chi connectivity index (χ0v) is 17.7. The third-order valence-electron chi connectivity index (χ3n) is 7.07. The van der Waals surface area contributed by atoms with Crippen LogP contribution in [0.15, 0.2) is 49.0 Å². The number of aryl methyl sites for hydroxylation is 2. The molecule has 28 heavy (non-hydrogen) atoms. The third kappa shape index (κ3) is 4.10. The molecule has 1 unspecified atom stereocenters. The highest BCUT2D eigenvalue weighted by molar-refractivity contribution is 5.74. The van der Waals surface area contributed by atoms with E-state index in [2.05, 4.69) is 67.8 Å². The van der Waals surface area contributed by atoms with Gasteiger partial charge >= 0.3 is 0 Å². The predicted molar refractivity (Wildman–Crippen MR) is 120 cm³/mol. The molecule has 1 saturated heterocycles. The van der Waals surface area contributed by atoms with Gasteiger partial charge in [-0.1, -0.05) is 62.9 Å². The Bertz CT molecular complexity index is 812. The predicted octanol–water partition coefficient (Wildman–Crippen LogP) is 6.30.